The Bertz CT molecular complexity index is 458. The molecule has 0 saturated carbocycles. The summed E-state index contributed by atoms with van der Waals surface area (Å²) in [6.07, 6.45) is 3.88. The van der Waals surface area contributed by atoms with Crippen molar-refractivity contribution in [3.8, 4) is 0 Å². The van der Waals surface area contributed by atoms with Gasteiger partial charge in [0, 0.05) is 26.0 Å². The summed E-state index contributed by atoms with van der Waals surface area (Å²) in [6.45, 7) is 3.77. The van der Waals surface area contributed by atoms with Gasteiger partial charge in [-0.25, -0.2) is 9.78 Å². The largest absolute Gasteiger partial charge is 0.481 e. The van der Waals surface area contributed by atoms with E-state index in [-0.39, 0.29) is 6.54 Å². The Labute approximate surface area is 112 Å². The van der Waals surface area contributed by atoms with Gasteiger partial charge < -0.3 is 20.3 Å². The number of aliphatic carboxylic acids is 1. The average Bonchev–Trinajstić information content (AvgIpc) is 2.78. The van der Waals surface area contributed by atoms with Gasteiger partial charge in [-0.1, -0.05) is 6.92 Å². The number of nitrogens with one attached hydrogen (secondary N) is 2. The Balaban J connectivity index is 2.40. The minimum atomic E-state index is -0.944. The Morgan fingerprint density at radius 1 is 1.47 bits per heavy atom. The molecule has 0 aliphatic rings. The molecule has 0 fully saturated rings. The van der Waals surface area contributed by atoms with E-state index in [0.29, 0.717) is 13.0 Å². The lowest BCUT2D eigenvalue weighted by atomic mass is 9.88. The highest BCUT2D eigenvalue weighted by atomic mass is 16.4. The Morgan fingerprint density at radius 2 is 2.16 bits per heavy atom. The maximum Gasteiger partial charge on any atom is 0.315 e. The van der Waals surface area contributed by atoms with Crippen LogP contribution in [0.3, 0.4) is 0 Å². The van der Waals surface area contributed by atoms with E-state index in [1.807, 2.05) is 7.05 Å². The minimum Gasteiger partial charge on any atom is -0.481 e. The molecule has 3 N–H and O–H groups in total. The number of imidazole rings is 1. The van der Waals surface area contributed by atoms with Gasteiger partial charge >= 0.3 is 12.0 Å². The Kier molecular flexibility index (Phi) is 4.91. The van der Waals surface area contributed by atoms with Gasteiger partial charge in [0.05, 0.1) is 12.0 Å². The fourth-order valence-corrected chi connectivity index (χ4v) is 1.42. The first-order valence-corrected chi connectivity index (χ1v) is 6.10. The van der Waals surface area contributed by atoms with E-state index in [9.17, 15) is 9.59 Å². The quantitative estimate of drug-likeness (QED) is 0.708. The van der Waals surface area contributed by atoms with Crippen LogP contribution in [0.25, 0.3) is 0 Å². The number of aryl methyl sites for hydroxylation is 1. The monoisotopic (exact) mass is 268 g/mol. The zero-order valence-electron chi connectivity index (χ0n) is 11.4. The molecule has 0 aromatic carbocycles. The normalized spacial score (nSPS) is 13.6. The fraction of sp³-hybridized carbons (Fsp3) is 0.583. The molecule has 106 valence electrons. The third-order valence-electron chi connectivity index (χ3n) is 3.26. The summed E-state index contributed by atoms with van der Waals surface area (Å²) in [6, 6.07) is -0.399. The van der Waals surface area contributed by atoms with Gasteiger partial charge in [-0.3, -0.25) is 4.79 Å². The van der Waals surface area contributed by atoms with Crippen LogP contribution < -0.4 is 10.6 Å². The highest BCUT2D eigenvalue weighted by molar-refractivity contribution is 5.77. The average molecular weight is 268 g/mol. The lowest BCUT2D eigenvalue weighted by molar-refractivity contribution is -0.147. The molecule has 1 atom stereocenters. The zero-order valence-corrected chi connectivity index (χ0v) is 11.4. The van der Waals surface area contributed by atoms with Crippen molar-refractivity contribution in [1.82, 2.24) is 20.2 Å². The summed E-state index contributed by atoms with van der Waals surface area (Å²) in [4.78, 5) is 26.7. The molecule has 1 aromatic rings. The van der Waals surface area contributed by atoms with E-state index in [0.717, 1.165) is 5.82 Å². The molecule has 1 unspecified atom stereocenters. The molecule has 0 spiro atoms. The number of urea groups is 1. The van der Waals surface area contributed by atoms with Crippen molar-refractivity contribution in [2.24, 2.45) is 12.5 Å². The summed E-state index contributed by atoms with van der Waals surface area (Å²) in [5, 5.41) is 14.3. The zero-order chi connectivity index (χ0) is 14.5. The Hall–Kier alpha value is -2.05. The van der Waals surface area contributed by atoms with Crippen LogP contribution >= 0.6 is 0 Å². The number of rotatable bonds is 6. The van der Waals surface area contributed by atoms with Crippen molar-refractivity contribution in [2.45, 2.75) is 26.8 Å². The predicted octanol–water partition coefficient (Wildman–Crippen LogP) is 0.720. The third-order valence-corrected chi connectivity index (χ3v) is 3.26. The van der Waals surface area contributed by atoms with Gasteiger partial charge in [0.2, 0.25) is 0 Å². The molecular formula is C12H20N4O3. The van der Waals surface area contributed by atoms with E-state index in [1.54, 1.807) is 30.8 Å². The van der Waals surface area contributed by atoms with Crippen LogP contribution in [-0.2, 0) is 18.4 Å². The van der Waals surface area contributed by atoms with E-state index in [4.69, 9.17) is 5.11 Å². The number of amides is 2. The lowest BCUT2D eigenvalue weighted by Crippen LogP contribution is -2.44. The molecule has 1 rings (SSSR count). The molecule has 0 aliphatic carbocycles. The molecule has 0 aliphatic heterocycles. The Morgan fingerprint density at radius 3 is 2.63 bits per heavy atom. The van der Waals surface area contributed by atoms with Crippen molar-refractivity contribution >= 4 is 12.0 Å². The molecule has 1 heterocycles. The topological polar surface area (TPSA) is 96.3 Å². The summed E-state index contributed by atoms with van der Waals surface area (Å²) >= 11 is 0. The summed E-state index contributed by atoms with van der Waals surface area (Å²) in [7, 11) is 1.83. The third kappa shape index (κ3) is 3.97. The first kappa shape index (κ1) is 15.0. The minimum absolute atomic E-state index is 0.0885. The van der Waals surface area contributed by atoms with Crippen LogP contribution in [-0.4, -0.2) is 33.2 Å². The lowest BCUT2D eigenvalue weighted by Gasteiger charge is -2.23. The number of hydrogen-bond donors (Lipinski definition) is 3. The van der Waals surface area contributed by atoms with Crippen LogP contribution in [0.1, 0.15) is 26.1 Å². The van der Waals surface area contributed by atoms with Crippen LogP contribution in [0.2, 0.25) is 0 Å². The number of aromatic nitrogens is 2. The molecule has 7 heteroatoms. The van der Waals surface area contributed by atoms with Crippen molar-refractivity contribution < 1.29 is 14.7 Å². The molecule has 0 radical (unpaired) electrons. The number of carbonyl (C=O) groups is 2. The second kappa shape index (κ2) is 6.21. The van der Waals surface area contributed by atoms with Gasteiger partial charge in [0.1, 0.15) is 5.82 Å². The number of hydrogen-bond acceptors (Lipinski definition) is 3. The van der Waals surface area contributed by atoms with E-state index in [1.165, 1.54) is 0 Å². The van der Waals surface area contributed by atoms with Gasteiger partial charge in [-0.2, -0.15) is 0 Å². The number of carbonyl (C=O) groups excluding carboxylic acids is 1. The van der Waals surface area contributed by atoms with Crippen molar-refractivity contribution in [3.05, 3.63) is 18.2 Å². The van der Waals surface area contributed by atoms with Gasteiger partial charge in [-0.15, -0.1) is 0 Å². The van der Waals surface area contributed by atoms with E-state index >= 15 is 0 Å². The van der Waals surface area contributed by atoms with Crippen LogP contribution in [0.5, 0.6) is 0 Å². The summed E-state index contributed by atoms with van der Waals surface area (Å²) in [5.74, 6) is -0.189. The number of nitrogens with zero attached hydrogens (tertiary/aromatic N) is 2. The van der Waals surface area contributed by atoms with Crippen LogP contribution in [0, 0.1) is 5.41 Å². The highest BCUT2D eigenvalue weighted by Crippen LogP contribution is 2.19. The number of carboxylic acids is 1. The van der Waals surface area contributed by atoms with E-state index < -0.39 is 17.4 Å². The molecule has 2 amide bonds. The molecule has 19 heavy (non-hydrogen) atoms. The van der Waals surface area contributed by atoms with Crippen molar-refractivity contribution in [2.75, 3.05) is 6.54 Å². The molecular weight excluding hydrogens is 248 g/mol. The predicted molar refractivity (Wildman–Crippen MR) is 69.5 cm³/mol. The second-order valence-electron chi connectivity index (χ2n) is 4.71. The van der Waals surface area contributed by atoms with E-state index in [2.05, 4.69) is 15.6 Å². The van der Waals surface area contributed by atoms with Crippen LogP contribution in [0.15, 0.2) is 12.4 Å². The smallest absolute Gasteiger partial charge is 0.315 e. The maximum absolute atomic E-state index is 11.6. The van der Waals surface area contributed by atoms with Crippen molar-refractivity contribution in [1.29, 1.82) is 0 Å². The first-order chi connectivity index (χ1) is 8.89. The fourth-order valence-electron chi connectivity index (χ4n) is 1.42. The van der Waals surface area contributed by atoms with Crippen molar-refractivity contribution in [3.63, 3.8) is 0 Å². The maximum atomic E-state index is 11.6. The summed E-state index contributed by atoms with van der Waals surface area (Å²) in [5.41, 5.74) is -0.944. The number of carboxylic acid groups (broad SMARTS) is 1. The van der Waals surface area contributed by atoms with Gasteiger partial charge in [0.25, 0.3) is 0 Å². The van der Waals surface area contributed by atoms with Gasteiger partial charge in [-0.05, 0) is 13.3 Å². The van der Waals surface area contributed by atoms with Gasteiger partial charge in [0.15, 0.2) is 0 Å². The summed E-state index contributed by atoms with van der Waals surface area (Å²) < 4.78 is 1.80. The molecule has 1 aromatic heterocycles. The SMILES string of the molecule is CCC(C)(CNC(=O)NCc1nccn1C)C(=O)O. The first-order valence-electron chi connectivity index (χ1n) is 6.10. The molecule has 0 saturated heterocycles. The molecule has 7 nitrogen and oxygen atoms in total. The standard InChI is InChI=1S/C12H20N4O3/c1-4-12(2,10(17)18)8-15-11(19)14-7-9-13-5-6-16(9)3/h5-6H,4,7-8H2,1-3H3,(H,17,18)(H2,14,15,19). The molecule has 0 bridgehead atoms. The van der Waals surface area contributed by atoms with Crippen LogP contribution in [0.4, 0.5) is 4.79 Å². The second-order valence-corrected chi connectivity index (χ2v) is 4.71. The highest BCUT2D eigenvalue weighted by Gasteiger charge is 2.31.